The summed E-state index contributed by atoms with van der Waals surface area (Å²) in [4.78, 5) is 83.7. The second kappa shape index (κ2) is 20.2. The zero-order valence-corrected chi connectivity index (χ0v) is 22.4. The van der Waals surface area contributed by atoms with Crippen LogP contribution in [0.4, 0.5) is 0 Å². The van der Waals surface area contributed by atoms with Gasteiger partial charge in [0.2, 0.25) is 0 Å². The number of nitrogens with zero attached hydrogens (tertiary/aromatic N) is 1. The van der Waals surface area contributed by atoms with Crippen molar-refractivity contribution < 1.29 is 67.1 Å². The largest absolute Gasteiger partial charge is 0.463 e. The summed E-state index contributed by atoms with van der Waals surface area (Å²) in [5.74, 6) is -4.71. The van der Waals surface area contributed by atoms with Gasteiger partial charge in [-0.15, -0.1) is 10.1 Å². The molecule has 0 unspecified atom stereocenters. The van der Waals surface area contributed by atoms with Crippen molar-refractivity contribution in [1.29, 1.82) is 0 Å². The highest BCUT2D eigenvalue weighted by atomic mass is 16.9. The molecule has 41 heavy (non-hydrogen) atoms. The molecule has 16 nitrogen and oxygen atoms in total. The van der Waals surface area contributed by atoms with E-state index in [1.165, 1.54) is 19.1 Å². The van der Waals surface area contributed by atoms with Crippen molar-refractivity contribution in [3.63, 3.8) is 0 Å². The Bertz CT molecular complexity index is 1060. The van der Waals surface area contributed by atoms with Crippen LogP contribution in [0.3, 0.4) is 0 Å². The predicted octanol–water partition coefficient (Wildman–Crippen LogP) is 1.49. The summed E-state index contributed by atoms with van der Waals surface area (Å²) in [6, 6.07) is 6.15. The summed E-state index contributed by atoms with van der Waals surface area (Å²) < 4.78 is 28.8. The van der Waals surface area contributed by atoms with Gasteiger partial charge in [0.15, 0.2) is 19.8 Å². The number of carbonyl (C=O) groups excluding carboxylic acids is 6. The van der Waals surface area contributed by atoms with Crippen LogP contribution in [0.15, 0.2) is 24.3 Å². The summed E-state index contributed by atoms with van der Waals surface area (Å²) in [6.07, 6.45) is 1.93. The second-order valence-electron chi connectivity index (χ2n) is 8.00. The van der Waals surface area contributed by atoms with Crippen molar-refractivity contribution in [1.82, 2.24) is 0 Å². The van der Waals surface area contributed by atoms with Crippen LogP contribution in [-0.4, -0.2) is 80.5 Å². The first-order valence-electron chi connectivity index (χ1n) is 12.4. The van der Waals surface area contributed by atoms with Gasteiger partial charge >= 0.3 is 35.8 Å². The lowest BCUT2D eigenvalue weighted by Gasteiger charge is -2.09. The molecule has 1 rings (SSSR count). The SMILES string of the molecule is CC(=O)Oc1ccccc1C(=O)OCCCCCC(=O)OCC(=O)OCC(=O)OCC(=O)OCCCCO[N+](=O)[O-]. The summed E-state index contributed by atoms with van der Waals surface area (Å²) in [7, 11) is 0. The molecular formula is C25H31NO15. The maximum Gasteiger partial charge on any atom is 0.344 e. The number of carbonyl (C=O) groups is 6. The number of unbranched alkanes of at least 4 members (excludes halogenated alkanes) is 3. The number of ether oxygens (including phenoxy) is 6. The predicted molar refractivity (Wildman–Crippen MR) is 133 cm³/mol. The van der Waals surface area contributed by atoms with Crippen LogP contribution >= 0.6 is 0 Å². The van der Waals surface area contributed by atoms with Gasteiger partial charge in [0.05, 0.1) is 19.8 Å². The highest BCUT2D eigenvalue weighted by Crippen LogP contribution is 2.19. The van der Waals surface area contributed by atoms with Gasteiger partial charge in [-0.1, -0.05) is 12.1 Å². The lowest BCUT2D eigenvalue weighted by atomic mass is 10.2. The molecule has 0 aromatic heterocycles. The van der Waals surface area contributed by atoms with Crippen molar-refractivity contribution in [2.45, 2.75) is 45.4 Å². The Morgan fingerprint density at radius 1 is 0.683 bits per heavy atom. The molecule has 1 aromatic carbocycles. The van der Waals surface area contributed by atoms with Gasteiger partial charge in [-0.2, -0.15) is 0 Å². The van der Waals surface area contributed by atoms with Crippen molar-refractivity contribution >= 4 is 35.8 Å². The fourth-order valence-corrected chi connectivity index (χ4v) is 2.81. The van der Waals surface area contributed by atoms with Crippen LogP contribution in [0.1, 0.15) is 55.8 Å². The first-order chi connectivity index (χ1) is 19.6. The van der Waals surface area contributed by atoms with E-state index < -0.39 is 60.7 Å². The molecule has 16 heteroatoms. The number of rotatable bonds is 20. The van der Waals surface area contributed by atoms with Crippen molar-refractivity contribution in [2.24, 2.45) is 0 Å². The lowest BCUT2D eigenvalue weighted by molar-refractivity contribution is -0.757. The van der Waals surface area contributed by atoms with E-state index in [4.69, 9.17) is 18.9 Å². The van der Waals surface area contributed by atoms with Gasteiger partial charge in [0.1, 0.15) is 11.3 Å². The minimum atomic E-state index is -1.03. The van der Waals surface area contributed by atoms with Crippen molar-refractivity contribution in [3.8, 4) is 5.75 Å². The first kappa shape index (κ1) is 34.3. The third-order valence-electron chi connectivity index (χ3n) is 4.67. The average Bonchev–Trinajstić information content (AvgIpc) is 2.93. The molecule has 0 fully saturated rings. The molecule has 0 saturated carbocycles. The molecule has 0 aliphatic rings. The van der Waals surface area contributed by atoms with Crippen LogP contribution in [0, 0.1) is 10.1 Å². The monoisotopic (exact) mass is 585 g/mol. The first-order valence-corrected chi connectivity index (χ1v) is 12.4. The molecule has 0 saturated heterocycles. The third kappa shape index (κ3) is 17.4. The number of hydrogen-bond acceptors (Lipinski definition) is 15. The molecule has 0 N–H and O–H groups in total. The molecule has 0 spiro atoms. The van der Waals surface area contributed by atoms with Crippen molar-refractivity contribution in [2.75, 3.05) is 39.6 Å². The fourth-order valence-electron chi connectivity index (χ4n) is 2.81. The van der Waals surface area contributed by atoms with E-state index in [1.54, 1.807) is 12.1 Å². The molecule has 0 radical (unpaired) electrons. The Labute approximate surface area is 234 Å². The molecule has 0 atom stereocenters. The fraction of sp³-hybridized carbons (Fsp3) is 0.520. The van der Waals surface area contributed by atoms with Crippen LogP contribution in [0.2, 0.25) is 0 Å². The van der Waals surface area contributed by atoms with Gasteiger partial charge < -0.3 is 33.3 Å². The van der Waals surface area contributed by atoms with E-state index in [-0.39, 0.29) is 44.0 Å². The summed E-state index contributed by atoms with van der Waals surface area (Å²) in [5, 5.41) is 9.03. The van der Waals surface area contributed by atoms with Crippen molar-refractivity contribution in [3.05, 3.63) is 39.9 Å². The second-order valence-corrected chi connectivity index (χ2v) is 8.00. The summed E-state index contributed by atoms with van der Waals surface area (Å²) in [6.45, 7) is -1.18. The van der Waals surface area contributed by atoms with Crippen LogP contribution in [-0.2, 0) is 52.5 Å². The number of esters is 6. The minimum Gasteiger partial charge on any atom is -0.463 e. The van der Waals surface area contributed by atoms with Crippen LogP contribution in [0.25, 0.3) is 0 Å². The summed E-state index contributed by atoms with van der Waals surface area (Å²) in [5.41, 5.74) is 0.112. The van der Waals surface area contributed by atoms with Gasteiger partial charge in [-0.05, 0) is 44.2 Å². The Balaban J connectivity index is 2.07. The van der Waals surface area contributed by atoms with E-state index in [9.17, 15) is 38.9 Å². The topological polar surface area (TPSA) is 210 Å². The maximum atomic E-state index is 12.2. The number of hydrogen-bond donors (Lipinski definition) is 0. The smallest absolute Gasteiger partial charge is 0.344 e. The highest BCUT2D eigenvalue weighted by molar-refractivity contribution is 5.93. The summed E-state index contributed by atoms with van der Waals surface area (Å²) >= 11 is 0. The zero-order valence-electron chi connectivity index (χ0n) is 22.4. The van der Waals surface area contributed by atoms with Crippen LogP contribution in [0.5, 0.6) is 5.75 Å². The highest BCUT2D eigenvalue weighted by Gasteiger charge is 2.16. The van der Waals surface area contributed by atoms with Gasteiger partial charge in [-0.25, -0.2) is 19.2 Å². The Hall–Kier alpha value is -4.76. The van der Waals surface area contributed by atoms with E-state index in [2.05, 4.69) is 14.3 Å². The minimum absolute atomic E-state index is 0.0105. The Kier molecular flexibility index (Phi) is 16.9. The van der Waals surface area contributed by atoms with Gasteiger partial charge in [0, 0.05) is 13.3 Å². The standard InChI is InChI=1S/C25H31NO15/c1-18(27)41-20-10-5-4-9-19(20)25(32)36-13-6-2-3-11-21(28)37-16-23(30)39-17-24(31)38-15-22(29)35-12-7-8-14-40-26(33)34/h4-5,9-10H,2-3,6-8,11-17H2,1H3. The number of para-hydroxylation sites is 1. The third-order valence-corrected chi connectivity index (χ3v) is 4.67. The van der Waals surface area contributed by atoms with E-state index in [0.717, 1.165) is 0 Å². The maximum absolute atomic E-state index is 12.2. The quantitative estimate of drug-likeness (QED) is 0.0530. The molecule has 1 aromatic rings. The molecule has 0 aliphatic carbocycles. The lowest BCUT2D eigenvalue weighted by Crippen LogP contribution is -2.23. The van der Waals surface area contributed by atoms with E-state index in [1.807, 2.05) is 0 Å². The average molecular weight is 586 g/mol. The Morgan fingerprint density at radius 2 is 1.22 bits per heavy atom. The normalized spacial score (nSPS) is 10.1. The molecule has 0 heterocycles. The molecule has 0 aliphatic heterocycles. The zero-order chi connectivity index (χ0) is 30.5. The van der Waals surface area contributed by atoms with E-state index >= 15 is 0 Å². The molecule has 0 amide bonds. The molecule has 226 valence electrons. The van der Waals surface area contributed by atoms with E-state index in [0.29, 0.717) is 25.7 Å². The van der Waals surface area contributed by atoms with Gasteiger partial charge in [0.25, 0.3) is 5.09 Å². The molecular weight excluding hydrogens is 554 g/mol. The van der Waals surface area contributed by atoms with Crippen LogP contribution < -0.4 is 4.74 Å². The van der Waals surface area contributed by atoms with Gasteiger partial charge in [-0.3, -0.25) is 9.59 Å². The molecule has 0 bridgehead atoms. The Morgan fingerprint density at radius 3 is 1.85 bits per heavy atom. The number of benzene rings is 1.